The number of ether oxygens (including phenoxy) is 1. The minimum Gasteiger partial charge on any atom is -0.388 e. The molecule has 0 spiro atoms. The van der Waals surface area contributed by atoms with E-state index in [0.717, 1.165) is 16.9 Å². The minimum absolute atomic E-state index is 0.492. The molecule has 1 amide bonds. The van der Waals surface area contributed by atoms with Crippen molar-refractivity contribution < 1.29 is 19.7 Å². The van der Waals surface area contributed by atoms with Crippen molar-refractivity contribution in [3.63, 3.8) is 0 Å². The summed E-state index contributed by atoms with van der Waals surface area (Å²) in [5.41, 5.74) is 3.80. The summed E-state index contributed by atoms with van der Waals surface area (Å²) >= 11 is 0. The van der Waals surface area contributed by atoms with Crippen LogP contribution < -0.4 is 10.6 Å². The summed E-state index contributed by atoms with van der Waals surface area (Å²) in [6.45, 7) is 1.71. The summed E-state index contributed by atoms with van der Waals surface area (Å²) in [6, 6.07) is 16.9. The molecule has 3 aromatic rings. The van der Waals surface area contributed by atoms with Gasteiger partial charge in [0.05, 0.1) is 18.0 Å². The van der Waals surface area contributed by atoms with Crippen LogP contribution in [0.25, 0.3) is 11.3 Å². The van der Waals surface area contributed by atoms with Gasteiger partial charge in [-0.15, -0.1) is 0 Å². The van der Waals surface area contributed by atoms with Crippen LogP contribution in [0.4, 0.5) is 17.1 Å². The van der Waals surface area contributed by atoms with Crippen molar-refractivity contribution in [2.24, 2.45) is 0 Å². The Morgan fingerprint density at radius 1 is 1.03 bits per heavy atom. The van der Waals surface area contributed by atoms with E-state index in [4.69, 9.17) is 4.74 Å². The van der Waals surface area contributed by atoms with Crippen LogP contribution in [0.5, 0.6) is 0 Å². The monoisotopic (exact) mass is 394 g/mol. The summed E-state index contributed by atoms with van der Waals surface area (Å²) < 4.78 is 7.23. The van der Waals surface area contributed by atoms with Crippen molar-refractivity contribution in [3.8, 4) is 11.3 Å². The van der Waals surface area contributed by atoms with Crippen LogP contribution in [0, 0.1) is 0 Å². The van der Waals surface area contributed by atoms with Gasteiger partial charge in [0.25, 0.3) is 0 Å². The fraction of sp³-hybridized carbons (Fsp3) is 0.238. The molecule has 2 heterocycles. The third-order valence-corrected chi connectivity index (χ3v) is 4.91. The average molecular weight is 394 g/mol. The van der Waals surface area contributed by atoms with Crippen LogP contribution >= 0.6 is 0 Å². The largest absolute Gasteiger partial charge is 0.388 e. The molecule has 2 aromatic carbocycles. The predicted octanol–water partition coefficient (Wildman–Crippen LogP) is 2.50. The van der Waals surface area contributed by atoms with Gasteiger partial charge in [0, 0.05) is 16.9 Å². The van der Waals surface area contributed by atoms with Gasteiger partial charge in [0.1, 0.15) is 17.9 Å². The molecule has 1 aliphatic heterocycles. The van der Waals surface area contributed by atoms with Gasteiger partial charge in [-0.25, -0.2) is 4.68 Å². The number of carbonyl (C=O) groups is 1. The van der Waals surface area contributed by atoms with Crippen molar-refractivity contribution in [3.05, 3.63) is 60.8 Å². The highest BCUT2D eigenvalue weighted by atomic mass is 16.6. The quantitative estimate of drug-likeness (QED) is 0.479. The Bertz CT molecular complexity index is 974. The van der Waals surface area contributed by atoms with Gasteiger partial charge in [-0.05, 0) is 31.2 Å². The molecule has 8 heteroatoms. The van der Waals surface area contributed by atoms with E-state index in [1.165, 1.54) is 4.68 Å². The number of nitrogens with zero attached hydrogens (tertiary/aromatic N) is 2. The maximum Gasteiger partial charge on any atom is 0.211 e. The van der Waals surface area contributed by atoms with Gasteiger partial charge in [0.15, 0.2) is 6.23 Å². The number of hydrogen-bond acceptors (Lipinski definition) is 6. The maximum atomic E-state index is 10.6. The Morgan fingerprint density at radius 2 is 1.72 bits per heavy atom. The lowest BCUT2D eigenvalue weighted by Gasteiger charge is -2.14. The van der Waals surface area contributed by atoms with Crippen LogP contribution in [-0.2, 0) is 9.53 Å². The molecule has 1 saturated heterocycles. The maximum absolute atomic E-state index is 10.6. The zero-order valence-electron chi connectivity index (χ0n) is 15.8. The molecular formula is C21H22N4O4. The van der Waals surface area contributed by atoms with Gasteiger partial charge >= 0.3 is 0 Å². The molecule has 0 saturated carbocycles. The molecule has 0 aliphatic carbocycles. The van der Waals surface area contributed by atoms with Crippen molar-refractivity contribution in [1.82, 2.24) is 9.78 Å². The lowest BCUT2D eigenvalue weighted by molar-refractivity contribution is -0.105. The van der Waals surface area contributed by atoms with Crippen LogP contribution in [0.15, 0.2) is 60.8 Å². The summed E-state index contributed by atoms with van der Waals surface area (Å²) in [4.78, 5) is 10.6. The molecule has 4 rings (SSSR count). The van der Waals surface area contributed by atoms with Crippen molar-refractivity contribution >= 4 is 23.5 Å². The first-order chi connectivity index (χ1) is 14.1. The number of carbonyl (C=O) groups excluding carboxylic acids is 1. The summed E-state index contributed by atoms with van der Waals surface area (Å²) in [5, 5.41) is 30.9. The predicted molar refractivity (Wildman–Crippen MR) is 109 cm³/mol. The lowest BCUT2D eigenvalue weighted by atomic mass is 10.1. The number of aliphatic hydroxyl groups excluding tert-OH is 2. The zero-order chi connectivity index (χ0) is 20.4. The van der Waals surface area contributed by atoms with Gasteiger partial charge in [-0.2, -0.15) is 5.10 Å². The lowest BCUT2D eigenvalue weighted by Crippen LogP contribution is -2.30. The second kappa shape index (κ2) is 8.04. The molecule has 0 unspecified atom stereocenters. The highest BCUT2D eigenvalue weighted by Gasteiger charge is 2.42. The smallest absolute Gasteiger partial charge is 0.211 e. The van der Waals surface area contributed by atoms with Crippen LogP contribution in [0.2, 0.25) is 0 Å². The number of rotatable bonds is 6. The van der Waals surface area contributed by atoms with Crippen LogP contribution in [0.1, 0.15) is 13.2 Å². The Morgan fingerprint density at radius 3 is 2.34 bits per heavy atom. The highest BCUT2D eigenvalue weighted by Crippen LogP contribution is 2.34. The van der Waals surface area contributed by atoms with Crippen LogP contribution in [0.3, 0.4) is 0 Å². The first-order valence-electron chi connectivity index (χ1n) is 9.30. The second-order valence-corrected chi connectivity index (χ2v) is 6.91. The molecule has 1 aromatic heterocycles. The third kappa shape index (κ3) is 3.86. The summed E-state index contributed by atoms with van der Waals surface area (Å²) in [6.07, 6.45) is -0.944. The summed E-state index contributed by atoms with van der Waals surface area (Å²) in [5.74, 6) is 0. The third-order valence-electron chi connectivity index (χ3n) is 4.91. The van der Waals surface area contributed by atoms with Crippen molar-refractivity contribution in [1.29, 1.82) is 0 Å². The zero-order valence-corrected chi connectivity index (χ0v) is 15.8. The molecule has 1 fully saturated rings. The van der Waals surface area contributed by atoms with Crippen molar-refractivity contribution in [2.45, 2.75) is 31.5 Å². The molecule has 4 N–H and O–H groups in total. The number of aromatic nitrogens is 2. The van der Waals surface area contributed by atoms with E-state index in [0.29, 0.717) is 17.8 Å². The Labute approximate surface area is 167 Å². The van der Waals surface area contributed by atoms with E-state index in [1.807, 2.05) is 42.5 Å². The van der Waals surface area contributed by atoms with E-state index >= 15 is 0 Å². The Hall–Kier alpha value is -3.20. The highest BCUT2D eigenvalue weighted by molar-refractivity contribution is 5.78. The van der Waals surface area contributed by atoms with Gasteiger partial charge < -0.3 is 25.6 Å². The minimum atomic E-state index is -1.07. The first kappa shape index (κ1) is 19.1. The number of nitrogens with one attached hydrogen (secondary N) is 2. The Balaban J connectivity index is 1.68. The fourth-order valence-corrected chi connectivity index (χ4v) is 3.34. The van der Waals surface area contributed by atoms with E-state index in [1.54, 1.807) is 25.3 Å². The normalized spacial score (nSPS) is 23.7. The SMILES string of the molecule is C[C@@H]1O[C@@H](n2cc(Nc3ccc(NC=O)cc3)c(-c3ccccc3)n2)[C@H](O)[C@@H]1O. The van der Waals surface area contributed by atoms with Gasteiger partial charge in [-0.1, -0.05) is 30.3 Å². The van der Waals surface area contributed by atoms with Gasteiger partial charge in [0.2, 0.25) is 6.41 Å². The standard InChI is InChI=1S/C21H22N4O4/c1-13-19(27)20(28)21(29-13)25-11-17(18(24-25)14-5-3-2-4-6-14)23-16-9-7-15(8-10-16)22-12-26/h2-13,19-21,23,27-28H,1H3,(H,22,26)/t13-,19+,20+,21+/m0/s1. The number of hydrogen-bond donors (Lipinski definition) is 4. The van der Waals surface area contributed by atoms with E-state index in [2.05, 4.69) is 15.7 Å². The number of amides is 1. The van der Waals surface area contributed by atoms with E-state index in [9.17, 15) is 15.0 Å². The average Bonchev–Trinajstić information content (AvgIpc) is 3.26. The van der Waals surface area contributed by atoms with Gasteiger partial charge in [-0.3, -0.25) is 4.79 Å². The number of anilines is 3. The molecule has 1 aliphatic rings. The fourth-order valence-electron chi connectivity index (χ4n) is 3.34. The topological polar surface area (TPSA) is 109 Å². The van der Waals surface area contributed by atoms with E-state index in [-0.39, 0.29) is 0 Å². The summed E-state index contributed by atoms with van der Waals surface area (Å²) in [7, 11) is 0. The number of benzene rings is 2. The molecule has 0 bridgehead atoms. The second-order valence-electron chi connectivity index (χ2n) is 6.91. The van der Waals surface area contributed by atoms with Crippen LogP contribution in [-0.4, -0.2) is 44.7 Å². The molecule has 150 valence electrons. The van der Waals surface area contributed by atoms with E-state index < -0.39 is 24.5 Å². The Kier molecular flexibility index (Phi) is 5.30. The molecular weight excluding hydrogens is 372 g/mol. The first-order valence-corrected chi connectivity index (χ1v) is 9.30. The molecule has 8 nitrogen and oxygen atoms in total. The molecule has 29 heavy (non-hydrogen) atoms. The molecule has 4 atom stereocenters. The molecule has 0 radical (unpaired) electrons. The van der Waals surface area contributed by atoms with Crippen molar-refractivity contribution in [2.75, 3.05) is 10.6 Å². The number of aliphatic hydroxyl groups is 2.